The van der Waals surface area contributed by atoms with Crippen LogP contribution >= 0.6 is 11.3 Å². The van der Waals surface area contributed by atoms with Gasteiger partial charge in [0.2, 0.25) is 0 Å². The fraction of sp³-hybridized carbons (Fsp3) is 0.293. The van der Waals surface area contributed by atoms with Crippen LogP contribution in [-0.2, 0) is 17.3 Å². The average Bonchev–Trinajstić information content (AvgIpc) is 3.49. The van der Waals surface area contributed by atoms with Crippen molar-refractivity contribution in [3.63, 3.8) is 0 Å². The van der Waals surface area contributed by atoms with Crippen molar-refractivity contribution in [3.8, 4) is 10.4 Å². The molecule has 55 heavy (non-hydrogen) atoms. The molecule has 8 rings (SSSR count). The molecule has 0 saturated carbocycles. The summed E-state index contributed by atoms with van der Waals surface area (Å²) in [7, 11) is 0. The van der Waals surface area contributed by atoms with Gasteiger partial charge in [0.25, 0.3) is 11.8 Å². The van der Waals surface area contributed by atoms with E-state index in [0.29, 0.717) is 46.3 Å². The Morgan fingerprint density at radius 2 is 1.75 bits per heavy atom. The number of carbonyl (C=O) groups excluding carboxylic acids is 2. The number of ether oxygens (including phenoxy) is 1. The normalized spacial score (nSPS) is 16.8. The van der Waals surface area contributed by atoms with E-state index in [4.69, 9.17) is 4.74 Å². The average molecular weight is 772 g/mol. The summed E-state index contributed by atoms with van der Waals surface area (Å²) in [5.41, 5.74) is 2.55. The monoisotopic (exact) mass is 771 g/mol. The number of aliphatic hydroxyl groups is 1. The topological polar surface area (TPSA) is 107 Å². The van der Waals surface area contributed by atoms with E-state index in [-0.39, 0.29) is 17.2 Å². The van der Waals surface area contributed by atoms with E-state index in [1.807, 2.05) is 37.3 Å². The lowest BCUT2D eigenvalue weighted by molar-refractivity contribution is -0.139. The highest BCUT2D eigenvalue weighted by atomic mass is 32.1. The molecule has 3 N–H and O–H groups in total. The van der Waals surface area contributed by atoms with Crippen LogP contribution in [0, 0.1) is 18.2 Å². The van der Waals surface area contributed by atoms with Gasteiger partial charge >= 0.3 is 6.18 Å². The number of nitrogens with one attached hydrogen (secondary N) is 2. The Kier molecular flexibility index (Phi) is 9.60. The number of nitrogens with zero attached hydrogens (tertiary/aromatic N) is 3. The molecule has 5 heterocycles. The number of fused-ring (bicyclic) bond motifs is 3. The van der Waals surface area contributed by atoms with Gasteiger partial charge in [-0.05, 0) is 91.9 Å². The predicted octanol–water partition coefficient (Wildman–Crippen LogP) is 8.45. The van der Waals surface area contributed by atoms with Gasteiger partial charge < -0.3 is 30.3 Å². The van der Waals surface area contributed by atoms with E-state index in [2.05, 4.69) is 20.5 Å². The number of hydrogen-bond acceptors (Lipinski definition) is 8. The van der Waals surface area contributed by atoms with Crippen LogP contribution in [0.15, 0.2) is 85.1 Å². The molecule has 2 fully saturated rings. The van der Waals surface area contributed by atoms with Crippen molar-refractivity contribution >= 4 is 45.3 Å². The molecule has 3 aliphatic heterocycles. The van der Waals surface area contributed by atoms with Crippen molar-refractivity contribution in [2.75, 3.05) is 53.3 Å². The van der Waals surface area contributed by atoms with Crippen molar-refractivity contribution in [1.29, 1.82) is 0 Å². The van der Waals surface area contributed by atoms with E-state index in [0.717, 1.165) is 78.9 Å². The van der Waals surface area contributed by atoms with Crippen LogP contribution in [0.2, 0.25) is 0 Å². The number of para-hydroxylation sites is 1. The Labute approximate surface area is 318 Å². The van der Waals surface area contributed by atoms with Crippen molar-refractivity contribution in [2.45, 2.75) is 38.6 Å². The molecular weight excluding hydrogens is 735 g/mol. The number of aryl methyl sites for hydroxylation is 1. The fourth-order valence-corrected chi connectivity index (χ4v) is 8.88. The Balaban J connectivity index is 0.974. The maximum atomic E-state index is 14.6. The number of alkyl halides is 3. The van der Waals surface area contributed by atoms with Crippen LogP contribution in [0.1, 0.15) is 62.0 Å². The summed E-state index contributed by atoms with van der Waals surface area (Å²) in [4.78, 5) is 36.9. The summed E-state index contributed by atoms with van der Waals surface area (Å²) in [5, 5.41) is 16.7. The SMILES string of the molecule is Cc1cnc(N2CC3(CCOCC3)C2)c(C(=O)Nc2ccc(C(=O)N3CCc4cc(NC(O)c5c(F)cccc5C(F)(F)F)sc4-c4ccccc43)cc2)c1. The summed E-state index contributed by atoms with van der Waals surface area (Å²) in [6.07, 6.45) is -2.64. The molecule has 1 atom stereocenters. The van der Waals surface area contributed by atoms with Gasteiger partial charge in [0, 0.05) is 71.7 Å². The van der Waals surface area contributed by atoms with E-state index in [1.165, 1.54) is 11.3 Å². The number of aliphatic hydroxyl groups excluding tert-OH is 1. The van der Waals surface area contributed by atoms with Crippen LogP contribution in [0.25, 0.3) is 10.4 Å². The number of hydrogen-bond donors (Lipinski definition) is 3. The first-order chi connectivity index (χ1) is 26.4. The lowest BCUT2D eigenvalue weighted by Gasteiger charge is -2.53. The number of rotatable bonds is 7. The second-order valence-electron chi connectivity index (χ2n) is 14.3. The van der Waals surface area contributed by atoms with E-state index < -0.39 is 29.3 Å². The number of carbonyl (C=O) groups is 2. The standard InChI is InChI=1S/C41H37F4N5O4S/c1-24-19-29(36(46-21-24)49-22-40(23-49)14-17-54-18-15-40)37(51)47-27-11-9-25(10-12-27)39(53)50-16-13-26-20-33(55-35(26)28-5-2-3-8-32(28)50)48-38(52)34-30(41(43,44)45)6-4-7-31(34)42/h2-12,19-21,38,48,52H,13-18,22-23H2,1H3,(H,47,51). The highest BCUT2D eigenvalue weighted by Crippen LogP contribution is 2.45. The molecule has 2 amide bonds. The van der Waals surface area contributed by atoms with Crippen molar-refractivity contribution in [1.82, 2.24) is 4.98 Å². The molecule has 3 aliphatic rings. The third-order valence-corrected chi connectivity index (χ3v) is 11.7. The first-order valence-electron chi connectivity index (χ1n) is 17.9. The molecule has 0 bridgehead atoms. The van der Waals surface area contributed by atoms with Gasteiger partial charge in [0.15, 0.2) is 6.23 Å². The van der Waals surface area contributed by atoms with Crippen molar-refractivity contribution < 1.29 is 37.0 Å². The largest absolute Gasteiger partial charge is 0.416 e. The molecule has 3 aromatic carbocycles. The van der Waals surface area contributed by atoms with Crippen LogP contribution in [-0.4, -0.2) is 54.8 Å². The molecule has 2 saturated heterocycles. The van der Waals surface area contributed by atoms with E-state index >= 15 is 0 Å². The second-order valence-corrected chi connectivity index (χ2v) is 15.4. The van der Waals surface area contributed by atoms with Gasteiger partial charge in [-0.1, -0.05) is 24.3 Å². The number of halogens is 4. The number of anilines is 4. The molecule has 9 nitrogen and oxygen atoms in total. The molecule has 284 valence electrons. The molecular formula is C41H37F4N5O4S. The lowest BCUT2D eigenvalue weighted by atomic mass is 9.73. The lowest BCUT2D eigenvalue weighted by Crippen LogP contribution is -2.59. The number of aromatic nitrogens is 1. The zero-order chi connectivity index (χ0) is 38.5. The number of pyridine rings is 1. The second kappa shape index (κ2) is 14.4. The van der Waals surface area contributed by atoms with Gasteiger partial charge in [0.1, 0.15) is 11.6 Å². The Hall–Kier alpha value is -5.31. The first kappa shape index (κ1) is 36.7. The fourth-order valence-electron chi connectivity index (χ4n) is 7.71. The predicted molar refractivity (Wildman–Crippen MR) is 203 cm³/mol. The molecule has 14 heteroatoms. The van der Waals surface area contributed by atoms with Gasteiger partial charge in [-0.15, -0.1) is 11.3 Å². The number of thiophene rings is 1. The smallest absolute Gasteiger partial charge is 0.381 e. The maximum absolute atomic E-state index is 14.6. The highest BCUT2D eigenvalue weighted by Gasteiger charge is 2.45. The minimum atomic E-state index is -4.86. The summed E-state index contributed by atoms with van der Waals surface area (Å²) in [6.45, 7) is 5.36. The van der Waals surface area contributed by atoms with Gasteiger partial charge in [0.05, 0.1) is 21.8 Å². The minimum absolute atomic E-state index is 0.210. The summed E-state index contributed by atoms with van der Waals surface area (Å²) in [6, 6.07) is 20.1. The first-order valence-corrected chi connectivity index (χ1v) is 18.8. The minimum Gasteiger partial charge on any atom is -0.381 e. The Bertz CT molecular complexity index is 2260. The van der Waals surface area contributed by atoms with Crippen LogP contribution in [0.5, 0.6) is 0 Å². The molecule has 0 aliphatic carbocycles. The Morgan fingerprint density at radius 3 is 2.49 bits per heavy atom. The summed E-state index contributed by atoms with van der Waals surface area (Å²) in [5.74, 6) is -1.06. The third kappa shape index (κ3) is 7.17. The van der Waals surface area contributed by atoms with Gasteiger partial charge in [-0.2, -0.15) is 13.2 Å². The number of amides is 2. The zero-order valence-corrected chi connectivity index (χ0v) is 30.6. The maximum Gasteiger partial charge on any atom is 0.416 e. The summed E-state index contributed by atoms with van der Waals surface area (Å²) >= 11 is 1.20. The van der Waals surface area contributed by atoms with Crippen LogP contribution < -0.4 is 20.4 Å². The molecule has 1 unspecified atom stereocenters. The number of benzene rings is 3. The third-order valence-electron chi connectivity index (χ3n) is 10.6. The van der Waals surface area contributed by atoms with E-state index in [9.17, 15) is 32.3 Å². The molecule has 5 aromatic rings. The summed E-state index contributed by atoms with van der Waals surface area (Å²) < 4.78 is 61.0. The van der Waals surface area contributed by atoms with Gasteiger partial charge in [-0.3, -0.25) is 9.59 Å². The quantitative estimate of drug-likeness (QED) is 0.113. The van der Waals surface area contributed by atoms with Crippen LogP contribution in [0.3, 0.4) is 0 Å². The molecule has 2 aromatic heterocycles. The molecule has 0 radical (unpaired) electrons. The highest BCUT2D eigenvalue weighted by molar-refractivity contribution is 7.19. The van der Waals surface area contributed by atoms with Crippen molar-refractivity contribution in [2.24, 2.45) is 5.41 Å². The zero-order valence-electron chi connectivity index (χ0n) is 29.8. The van der Waals surface area contributed by atoms with Gasteiger partial charge in [-0.25, -0.2) is 9.37 Å². The van der Waals surface area contributed by atoms with E-state index in [1.54, 1.807) is 41.4 Å². The molecule has 1 spiro atoms. The Morgan fingerprint density at radius 1 is 1.00 bits per heavy atom. The van der Waals surface area contributed by atoms with Crippen LogP contribution in [0.4, 0.5) is 39.8 Å². The van der Waals surface area contributed by atoms with Crippen molar-refractivity contribution in [3.05, 3.63) is 124 Å².